The van der Waals surface area contributed by atoms with Crippen molar-refractivity contribution in [1.29, 1.82) is 0 Å². The third kappa shape index (κ3) is 3.49. The molecule has 1 aromatic carbocycles. The lowest BCUT2D eigenvalue weighted by atomic mass is 9.88. The molecule has 4 aromatic rings. The lowest BCUT2D eigenvalue weighted by Crippen LogP contribution is -2.40. The first-order valence-corrected chi connectivity index (χ1v) is 13.3. The Balaban J connectivity index is 1.24. The third-order valence-electron chi connectivity index (χ3n) is 8.15. The van der Waals surface area contributed by atoms with Gasteiger partial charge in [0.15, 0.2) is 29.6 Å². The predicted octanol–water partition coefficient (Wildman–Crippen LogP) is 2.54. The Bertz CT molecular complexity index is 1770. The zero-order valence-corrected chi connectivity index (χ0v) is 21.2. The number of ether oxygens (including phenoxy) is 1. The number of hydrogen-bond donors (Lipinski definition) is 2. The number of aromatic nitrogens is 5. The number of nitrogens with one attached hydrogen (secondary N) is 2. The van der Waals surface area contributed by atoms with E-state index < -0.39 is 0 Å². The van der Waals surface area contributed by atoms with E-state index in [-0.39, 0.29) is 18.1 Å². The van der Waals surface area contributed by atoms with Crippen LogP contribution in [0.25, 0.3) is 16.9 Å². The lowest BCUT2D eigenvalue weighted by molar-refractivity contribution is -0.121. The molecular weight excluding hydrogens is 496 g/mol. The highest BCUT2D eigenvalue weighted by molar-refractivity contribution is 5.96. The van der Waals surface area contributed by atoms with Gasteiger partial charge >= 0.3 is 0 Å². The van der Waals surface area contributed by atoms with Crippen LogP contribution in [0.4, 0.5) is 17.5 Å². The third-order valence-corrected chi connectivity index (χ3v) is 8.15. The molecule has 2 bridgehead atoms. The summed E-state index contributed by atoms with van der Waals surface area (Å²) in [7, 11) is 0. The van der Waals surface area contributed by atoms with Gasteiger partial charge < -0.3 is 15.4 Å². The average molecular weight is 523 g/mol. The quantitative estimate of drug-likeness (QED) is 0.386. The van der Waals surface area contributed by atoms with Crippen LogP contribution in [0.5, 0.6) is 5.75 Å². The lowest BCUT2D eigenvalue weighted by Gasteiger charge is -2.28. The first-order valence-electron chi connectivity index (χ1n) is 13.3. The van der Waals surface area contributed by atoms with E-state index in [0.29, 0.717) is 59.3 Å². The maximum absolute atomic E-state index is 13.4. The first kappa shape index (κ1) is 22.5. The van der Waals surface area contributed by atoms with E-state index in [1.165, 1.54) is 24.0 Å². The Kier molecular flexibility index (Phi) is 4.75. The van der Waals surface area contributed by atoms with Gasteiger partial charge in [-0.3, -0.25) is 14.5 Å². The molecule has 1 fully saturated rings. The molecule has 0 unspecified atom stereocenters. The van der Waals surface area contributed by atoms with Gasteiger partial charge in [-0.2, -0.15) is 4.98 Å². The van der Waals surface area contributed by atoms with Gasteiger partial charge in [0, 0.05) is 36.9 Å². The van der Waals surface area contributed by atoms with Crippen molar-refractivity contribution in [2.24, 2.45) is 0 Å². The minimum absolute atomic E-state index is 0.0170. The fourth-order valence-corrected chi connectivity index (χ4v) is 5.99. The van der Waals surface area contributed by atoms with Gasteiger partial charge in [0.05, 0.1) is 6.54 Å². The van der Waals surface area contributed by atoms with Crippen LogP contribution >= 0.6 is 0 Å². The largest absolute Gasteiger partial charge is 0.480 e. The van der Waals surface area contributed by atoms with Crippen LogP contribution in [0, 0.1) is 0 Å². The van der Waals surface area contributed by atoms with Crippen molar-refractivity contribution in [3.8, 4) is 11.6 Å². The summed E-state index contributed by atoms with van der Waals surface area (Å²) in [6.07, 6.45) is 8.57. The number of nitrogens with zero attached hydrogens (tertiary/aromatic N) is 6. The number of rotatable bonds is 2. The van der Waals surface area contributed by atoms with E-state index in [4.69, 9.17) is 14.7 Å². The molecule has 0 atom stereocenters. The van der Waals surface area contributed by atoms with Crippen LogP contribution in [0.2, 0.25) is 0 Å². The van der Waals surface area contributed by atoms with Gasteiger partial charge in [0.1, 0.15) is 5.39 Å². The number of amides is 1. The maximum Gasteiger partial charge on any atom is 0.278 e. The van der Waals surface area contributed by atoms with Gasteiger partial charge in [-0.1, -0.05) is 18.2 Å². The SMILES string of the molecule is O=C1COc2ccc3nc2N1CC/C=C/Cn1c(=O)c2cnc(Nc4ccc5c(c4)CNCC54CC4)nc2n1-3. The molecular formula is C28H26N8O3. The Morgan fingerprint density at radius 1 is 1.08 bits per heavy atom. The molecule has 1 spiro atoms. The van der Waals surface area contributed by atoms with E-state index in [2.05, 4.69) is 33.8 Å². The van der Waals surface area contributed by atoms with E-state index in [1.807, 2.05) is 12.2 Å². The summed E-state index contributed by atoms with van der Waals surface area (Å²) in [5.41, 5.74) is 4.17. The summed E-state index contributed by atoms with van der Waals surface area (Å²) >= 11 is 0. The van der Waals surface area contributed by atoms with Crippen molar-refractivity contribution in [3.63, 3.8) is 0 Å². The van der Waals surface area contributed by atoms with E-state index >= 15 is 0 Å². The number of hydrogen-bond acceptors (Lipinski definition) is 8. The molecule has 3 aliphatic heterocycles. The van der Waals surface area contributed by atoms with Crippen molar-refractivity contribution < 1.29 is 9.53 Å². The summed E-state index contributed by atoms with van der Waals surface area (Å²) in [4.78, 5) is 41.7. The van der Waals surface area contributed by atoms with Crippen LogP contribution < -0.4 is 25.8 Å². The van der Waals surface area contributed by atoms with Crippen molar-refractivity contribution in [2.75, 3.05) is 29.9 Å². The molecule has 39 heavy (non-hydrogen) atoms. The predicted molar refractivity (Wildman–Crippen MR) is 145 cm³/mol. The van der Waals surface area contributed by atoms with Crippen LogP contribution in [-0.4, -0.2) is 49.9 Å². The number of carbonyl (C=O) groups is 1. The Hall–Kier alpha value is -4.51. The molecule has 8 rings (SSSR count). The van der Waals surface area contributed by atoms with Crippen LogP contribution in [0.3, 0.4) is 0 Å². The first-order chi connectivity index (χ1) is 19.1. The number of fused-ring (bicyclic) bond motifs is 7. The molecule has 196 valence electrons. The summed E-state index contributed by atoms with van der Waals surface area (Å²) in [5.74, 6) is 1.70. The second-order valence-electron chi connectivity index (χ2n) is 10.6. The standard InChI is InChI=1S/C28H26N8O3/c37-23-15-39-21-6-7-22-32-25(21)34(23)10-2-1-3-11-35-26(38)19-14-30-27(33-24(19)36(22)35)31-18-4-5-20-17(12-18)13-29-16-28(20)8-9-28/h1,3-7,12,14,29H,2,8-11,13,15-16H2,(H,30,31,33)/b3-1+. The molecule has 1 saturated carbocycles. The van der Waals surface area contributed by atoms with E-state index in [9.17, 15) is 9.59 Å². The molecule has 1 aliphatic carbocycles. The van der Waals surface area contributed by atoms with E-state index in [0.717, 1.165) is 18.8 Å². The Morgan fingerprint density at radius 3 is 2.90 bits per heavy atom. The zero-order valence-electron chi connectivity index (χ0n) is 21.2. The molecule has 6 heterocycles. The number of pyridine rings is 1. The zero-order chi connectivity index (χ0) is 26.1. The van der Waals surface area contributed by atoms with Crippen molar-refractivity contribution in [2.45, 2.75) is 37.8 Å². The summed E-state index contributed by atoms with van der Waals surface area (Å²) in [5, 5.41) is 7.27. The minimum atomic E-state index is -0.210. The van der Waals surface area contributed by atoms with Crippen LogP contribution in [0.15, 0.2) is 53.5 Å². The molecule has 11 heteroatoms. The second-order valence-corrected chi connectivity index (χ2v) is 10.6. The topological polar surface area (TPSA) is 119 Å². The summed E-state index contributed by atoms with van der Waals surface area (Å²) in [6, 6.07) is 10.0. The number of carbonyl (C=O) groups excluding carboxylic acids is 1. The Labute approximate surface area is 223 Å². The summed E-state index contributed by atoms with van der Waals surface area (Å²) < 4.78 is 8.92. The highest BCUT2D eigenvalue weighted by Gasteiger charge is 2.46. The smallest absolute Gasteiger partial charge is 0.278 e. The van der Waals surface area contributed by atoms with Gasteiger partial charge in [0.2, 0.25) is 5.95 Å². The molecule has 0 radical (unpaired) electrons. The number of anilines is 3. The van der Waals surface area contributed by atoms with Crippen molar-refractivity contribution in [3.05, 3.63) is 70.2 Å². The fraction of sp³-hybridized carbons (Fsp3) is 0.321. The van der Waals surface area contributed by atoms with Gasteiger partial charge in [0.25, 0.3) is 11.5 Å². The molecule has 0 saturated heterocycles. The maximum atomic E-state index is 13.4. The van der Waals surface area contributed by atoms with Gasteiger partial charge in [-0.25, -0.2) is 19.3 Å². The van der Waals surface area contributed by atoms with Gasteiger partial charge in [-0.15, -0.1) is 0 Å². The molecule has 1 amide bonds. The fourth-order valence-electron chi connectivity index (χ4n) is 5.99. The average Bonchev–Trinajstić information content (AvgIpc) is 3.66. The van der Waals surface area contributed by atoms with Gasteiger partial charge in [-0.05, 0) is 54.7 Å². The highest BCUT2D eigenvalue weighted by atomic mass is 16.5. The van der Waals surface area contributed by atoms with Crippen molar-refractivity contribution in [1.82, 2.24) is 29.6 Å². The van der Waals surface area contributed by atoms with Crippen LogP contribution in [0.1, 0.15) is 30.4 Å². The Morgan fingerprint density at radius 2 is 2.00 bits per heavy atom. The minimum Gasteiger partial charge on any atom is -0.480 e. The second kappa shape index (κ2) is 8.24. The summed E-state index contributed by atoms with van der Waals surface area (Å²) in [6.45, 7) is 2.69. The van der Waals surface area contributed by atoms with Crippen molar-refractivity contribution >= 4 is 34.4 Å². The monoisotopic (exact) mass is 522 g/mol. The molecule has 3 aromatic heterocycles. The molecule has 4 aliphatic rings. The normalized spacial score (nSPS) is 19.6. The number of benzene rings is 1. The van der Waals surface area contributed by atoms with E-state index in [1.54, 1.807) is 32.6 Å². The molecule has 2 N–H and O–H groups in total. The van der Waals surface area contributed by atoms with Crippen LogP contribution in [-0.2, 0) is 23.3 Å². The molecule has 11 nitrogen and oxygen atoms in total. The highest BCUT2D eigenvalue weighted by Crippen LogP contribution is 2.50. The number of allylic oxidation sites excluding steroid dienone is 1.